The van der Waals surface area contributed by atoms with Gasteiger partial charge in [-0.25, -0.2) is 23.2 Å². The van der Waals surface area contributed by atoms with Crippen LogP contribution in [0.1, 0.15) is 74.0 Å². The number of urea groups is 1. The molecule has 0 spiro atoms. The smallest absolute Gasteiger partial charge is 0.345 e. The van der Waals surface area contributed by atoms with Crippen molar-refractivity contribution in [2.75, 3.05) is 26.9 Å². The zero-order valence-corrected chi connectivity index (χ0v) is 23.9. The number of aryl methyl sites for hydroxylation is 1. The Balaban J connectivity index is 1.93. The van der Waals surface area contributed by atoms with E-state index in [0.717, 1.165) is 18.4 Å². The summed E-state index contributed by atoms with van der Waals surface area (Å²) in [7, 11) is 1.24. The largest absolute Gasteiger partial charge is 0.493 e. The van der Waals surface area contributed by atoms with E-state index >= 15 is 0 Å². The van der Waals surface area contributed by atoms with Crippen molar-refractivity contribution in [2.24, 2.45) is 0 Å². The van der Waals surface area contributed by atoms with Crippen LogP contribution in [0, 0.1) is 0 Å². The Labute approximate surface area is 238 Å². The lowest BCUT2D eigenvalue weighted by molar-refractivity contribution is -0.175. The van der Waals surface area contributed by atoms with Crippen LogP contribution in [0.3, 0.4) is 0 Å². The molecule has 1 unspecified atom stereocenters. The molecule has 1 fully saturated rings. The number of carboxylic acids is 1. The number of amides is 2. The van der Waals surface area contributed by atoms with E-state index in [-0.39, 0.29) is 36.8 Å². The molecule has 224 valence electrons. The van der Waals surface area contributed by atoms with E-state index in [2.05, 4.69) is 5.32 Å². The predicted octanol–water partition coefficient (Wildman–Crippen LogP) is 5.62. The van der Waals surface area contributed by atoms with Crippen LogP contribution in [0.15, 0.2) is 42.5 Å². The highest BCUT2D eigenvalue weighted by Gasteiger charge is 2.62. The summed E-state index contributed by atoms with van der Waals surface area (Å²) < 4.78 is 43.9. The van der Waals surface area contributed by atoms with Crippen LogP contribution in [-0.4, -0.2) is 66.3 Å². The molecule has 2 N–H and O–H groups in total. The Morgan fingerprint density at radius 1 is 1.02 bits per heavy atom. The van der Waals surface area contributed by atoms with Crippen LogP contribution < -0.4 is 14.8 Å². The SMILES string of the molecule is CCOc1cc(C(C)N(CCCCc2ccccc2)C(=O)NC2(C(=O)O)CC(F)(F)C2)cc(OCC)c1C(=O)OC. The summed E-state index contributed by atoms with van der Waals surface area (Å²) in [6.45, 7) is 5.95. The number of aliphatic carboxylic acids is 1. The third kappa shape index (κ3) is 7.65. The monoisotopic (exact) mass is 576 g/mol. The van der Waals surface area contributed by atoms with Gasteiger partial charge in [-0.15, -0.1) is 0 Å². The number of esters is 1. The van der Waals surface area contributed by atoms with Crippen LogP contribution in [-0.2, 0) is 16.0 Å². The molecule has 1 atom stereocenters. The first kappa shape index (κ1) is 31.6. The van der Waals surface area contributed by atoms with Gasteiger partial charge in [0.2, 0.25) is 0 Å². The molecule has 1 aliphatic rings. The minimum Gasteiger partial charge on any atom is -0.493 e. The fraction of sp³-hybridized carbons (Fsp3) is 0.500. The number of hydrogen-bond acceptors (Lipinski definition) is 6. The maximum Gasteiger partial charge on any atom is 0.345 e. The van der Waals surface area contributed by atoms with E-state index in [4.69, 9.17) is 14.2 Å². The number of unbranched alkanes of at least 4 members (excludes halogenated alkanes) is 1. The van der Waals surface area contributed by atoms with Crippen molar-refractivity contribution in [3.8, 4) is 11.5 Å². The average molecular weight is 577 g/mol. The molecule has 0 aliphatic heterocycles. The van der Waals surface area contributed by atoms with Gasteiger partial charge in [0.15, 0.2) is 5.54 Å². The highest BCUT2D eigenvalue weighted by atomic mass is 19.3. The van der Waals surface area contributed by atoms with Crippen molar-refractivity contribution in [1.82, 2.24) is 10.2 Å². The van der Waals surface area contributed by atoms with E-state index < -0.39 is 48.3 Å². The van der Waals surface area contributed by atoms with Crippen LogP contribution in [0.25, 0.3) is 0 Å². The zero-order chi connectivity index (χ0) is 30.2. The van der Waals surface area contributed by atoms with Gasteiger partial charge in [-0.2, -0.15) is 0 Å². The molecule has 9 nitrogen and oxygen atoms in total. The summed E-state index contributed by atoms with van der Waals surface area (Å²) in [4.78, 5) is 39.5. The van der Waals surface area contributed by atoms with E-state index in [0.29, 0.717) is 12.0 Å². The standard InChI is InChI=1S/C30H38F2N2O7/c1-5-40-23-16-22(17-24(41-6-2)25(23)26(35)39-4)20(3)34(15-11-10-14-21-12-8-7-9-13-21)28(38)33-29(27(36)37)18-30(31,32)19-29/h7-9,12-13,16-17,20H,5-6,10-11,14-15,18-19H2,1-4H3,(H,33,38)(H,36,37). The van der Waals surface area contributed by atoms with E-state index in [1.54, 1.807) is 32.9 Å². The normalized spacial score (nSPS) is 15.7. The Bertz CT molecular complexity index is 1190. The fourth-order valence-corrected chi connectivity index (χ4v) is 5.00. The third-order valence-corrected chi connectivity index (χ3v) is 7.12. The number of ether oxygens (including phenoxy) is 3. The van der Waals surface area contributed by atoms with Gasteiger partial charge in [0.05, 0.1) is 26.4 Å². The number of hydrogen-bond donors (Lipinski definition) is 2. The third-order valence-electron chi connectivity index (χ3n) is 7.12. The van der Waals surface area contributed by atoms with E-state index in [1.807, 2.05) is 30.3 Å². The van der Waals surface area contributed by atoms with Crippen LogP contribution in [0.2, 0.25) is 0 Å². The summed E-state index contributed by atoms with van der Waals surface area (Å²) in [5, 5.41) is 12.1. The molecular formula is C30H38F2N2O7. The van der Waals surface area contributed by atoms with Crippen molar-refractivity contribution in [3.63, 3.8) is 0 Å². The first-order chi connectivity index (χ1) is 19.5. The fourth-order valence-electron chi connectivity index (χ4n) is 5.00. The number of alkyl halides is 2. The van der Waals surface area contributed by atoms with Gasteiger partial charge in [0.1, 0.15) is 17.1 Å². The molecule has 2 aromatic carbocycles. The van der Waals surface area contributed by atoms with Crippen LogP contribution in [0.4, 0.5) is 13.6 Å². The topological polar surface area (TPSA) is 114 Å². The Hall–Kier alpha value is -3.89. The van der Waals surface area contributed by atoms with E-state index in [1.165, 1.54) is 12.0 Å². The van der Waals surface area contributed by atoms with Gasteiger partial charge in [0.25, 0.3) is 5.92 Å². The van der Waals surface area contributed by atoms with Gasteiger partial charge in [-0.05, 0) is 63.3 Å². The predicted molar refractivity (Wildman–Crippen MR) is 148 cm³/mol. The first-order valence-electron chi connectivity index (χ1n) is 13.7. The second kappa shape index (κ2) is 13.6. The quantitative estimate of drug-likeness (QED) is 0.222. The Morgan fingerprint density at radius 3 is 2.10 bits per heavy atom. The summed E-state index contributed by atoms with van der Waals surface area (Å²) in [6, 6.07) is 11.6. The lowest BCUT2D eigenvalue weighted by Crippen LogP contribution is -2.68. The Morgan fingerprint density at radius 2 is 1.61 bits per heavy atom. The van der Waals surface area contributed by atoms with Gasteiger partial charge >= 0.3 is 18.0 Å². The highest BCUT2D eigenvalue weighted by molar-refractivity contribution is 5.96. The minimum absolute atomic E-state index is 0.104. The molecule has 0 bridgehead atoms. The molecular weight excluding hydrogens is 538 g/mol. The summed E-state index contributed by atoms with van der Waals surface area (Å²) in [5.74, 6) is -4.91. The number of nitrogens with zero attached hydrogens (tertiary/aromatic N) is 1. The number of benzene rings is 2. The van der Waals surface area contributed by atoms with Crippen molar-refractivity contribution >= 4 is 18.0 Å². The van der Waals surface area contributed by atoms with Crippen molar-refractivity contribution in [3.05, 3.63) is 59.2 Å². The number of methoxy groups -OCH3 is 1. The molecule has 0 heterocycles. The maximum atomic E-state index is 13.8. The van der Waals surface area contributed by atoms with Gasteiger partial charge in [-0.3, -0.25) is 0 Å². The molecule has 2 aromatic rings. The average Bonchev–Trinajstić information content (AvgIpc) is 2.91. The highest BCUT2D eigenvalue weighted by Crippen LogP contribution is 2.46. The lowest BCUT2D eigenvalue weighted by Gasteiger charge is -2.45. The van der Waals surface area contributed by atoms with Crippen LogP contribution in [0.5, 0.6) is 11.5 Å². The molecule has 11 heteroatoms. The van der Waals surface area contributed by atoms with Gasteiger partial charge in [-0.1, -0.05) is 30.3 Å². The van der Waals surface area contributed by atoms with E-state index in [9.17, 15) is 28.3 Å². The summed E-state index contributed by atoms with van der Waals surface area (Å²) >= 11 is 0. The number of carboxylic acid groups (broad SMARTS) is 1. The molecule has 41 heavy (non-hydrogen) atoms. The lowest BCUT2D eigenvalue weighted by atomic mass is 9.73. The summed E-state index contributed by atoms with van der Waals surface area (Å²) in [6.07, 6.45) is 0.118. The second-order valence-electron chi connectivity index (χ2n) is 10.1. The first-order valence-corrected chi connectivity index (χ1v) is 13.7. The molecule has 3 rings (SSSR count). The van der Waals surface area contributed by atoms with Crippen LogP contribution >= 0.6 is 0 Å². The molecule has 2 amide bonds. The molecule has 1 saturated carbocycles. The second-order valence-corrected chi connectivity index (χ2v) is 10.1. The molecule has 0 radical (unpaired) electrons. The minimum atomic E-state index is -3.17. The Kier molecular flexibility index (Phi) is 10.5. The van der Waals surface area contributed by atoms with Gasteiger partial charge in [0, 0.05) is 19.4 Å². The molecule has 0 saturated heterocycles. The van der Waals surface area contributed by atoms with Crippen molar-refractivity contribution in [1.29, 1.82) is 0 Å². The number of nitrogens with one attached hydrogen (secondary N) is 1. The molecule has 1 aliphatic carbocycles. The van der Waals surface area contributed by atoms with Gasteiger partial charge < -0.3 is 29.5 Å². The van der Waals surface area contributed by atoms with Crippen molar-refractivity contribution < 1.29 is 42.5 Å². The number of rotatable bonds is 14. The number of carbonyl (C=O) groups is 3. The van der Waals surface area contributed by atoms with Crippen molar-refractivity contribution in [2.45, 2.75) is 70.4 Å². The zero-order valence-electron chi connectivity index (χ0n) is 23.9. The summed E-state index contributed by atoms with van der Waals surface area (Å²) in [5.41, 5.74) is -0.262. The number of halogens is 2. The maximum absolute atomic E-state index is 13.8. The molecule has 0 aromatic heterocycles. The number of carbonyl (C=O) groups excluding carboxylic acids is 2.